The van der Waals surface area contributed by atoms with Crippen LogP contribution < -0.4 is 0 Å². The molecule has 0 saturated heterocycles. The molecule has 18 heavy (non-hydrogen) atoms. The molecular formula is C15H13BrO2. The Morgan fingerprint density at radius 1 is 1.06 bits per heavy atom. The Kier molecular flexibility index (Phi) is 4.18. The standard InChI is InChI=1S/C15H13BrO2/c16-14-7-5-11(6-8-14)13(10-17)9-12-3-1-2-4-15(12)18/h1-9,17-18H,10H2/b13-9+. The van der Waals surface area contributed by atoms with E-state index in [1.165, 1.54) is 0 Å². The second-order valence-corrected chi connectivity index (χ2v) is 4.81. The summed E-state index contributed by atoms with van der Waals surface area (Å²) in [5, 5.41) is 19.2. The maximum absolute atomic E-state index is 9.71. The minimum atomic E-state index is -0.0734. The van der Waals surface area contributed by atoms with Crippen LogP contribution in [0.2, 0.25) is 0 Å². The molecule has 0 aliphatic carbocycles. The highest BCUT2D eigenvalue weighted by atomic mass is 79.9. The van der Waals surface area contributed by atoms with Gasteiger partial charge in [-0.2, -0.15) is 0 Å². The van der Waals surface area contributed by atoms with Crippen LogP contribution in [-0.4, -0.2) is 16.8 Å². The number of phenolic OH excluding ortho intramolecular Hbond substituents is 1. The van der Waals surface area contributed by atoms with E-state index < -0.39 is 0 Å². The summed E-state index contributed by atoms with van der Waals surface area (Å²) >= 11 is 3.37. The van der Waals surface area contributed by atoms with Crippen molar-refractivity contribution in [2.45, 2.75) is 0 Å². The largest absolute Gasteiger partial charge is 0.507 e. The third kappa shape index (κ3) is 3.00. The summed E-state index contributed by atoms with van der Waals surface area (Å²) in [5.41, 5.74) is 2.40. The van der Waals surface area contributed by atoms with Gasteiger partial charge in [0.2, 0.25) is 0 Å². The monoisotopic (exact) mass is 304 g/mol. The topological polar surface area (TPSA) is 40.5 Å². The van der Waals surface area contributed by atoms with Crippen LogP contribution in [0.15, 0.2) is 53.0 Å². The molecule has 0 amide bonds. The van der Waals surface area contributed by atoms with Crippen molar-refractivity contribution in [2.24, 2.45) is 0 Å². The number of rotatable bonds is 3. The van der Waals surface area contributed by atoms with Crippen LogP contribution in [-0.2, 0) is 0 Å². The Balaban J connectivity index is 2.40. The predicted molar refractivity (Wildman–Crippen MR) is 77.2 cm³/mol. The minimum absolute atomic E-state index is 0.0734. The van der Waals surface area contributed by atoms with Crippen LogP contribution in [0.4, 0.5) is 0 Å². The van der Waals surface area contributed by atoms with Crippen molar-refractivity contribution in [1.29, 1.82) is 0 Å². The maximum Gasteiger partial charge on any atom is 0.122 e. The van der Waals surface area contributed by atoms with Gasteiger partial charge in [-0.05, 0) is 35.4 Å². The normalized spacial score (nSPS) is 11.6. The Morgan fingerprint density at radius 3 is 2.33 bits per heavy atom. The fourth-order valence-corrected chi connectivity index (χ4v) is 1.95. The molecule has 0 spiro atoms. The lowest BCUT2D eigenvalue weighted by atomic mass is 10.0. The SMILES string of the molecule is OC/C(=C\c1ccccc1O)c1ccc(Br)cc1. The van der Waals surface area contributed by atoms with Gasteiger partial charge >= 0.3 is 0 Å². The number of hydrogen-bond acceptors (Lipinski definition) is 2. The molecule has 0 aliphatic heterocycles. The molecule has 0 aliphatic rings. The molecule has 0 unspecified atom stereocenters. The fourth-order valence-electron chi connectivity index (χ4n) is 1.68. The van der Waals surface area contributed by atoms with Crippen LogP contribution in [0.5, 0.6) is 5.75 Å². The van der Waals surface area contributed by atoms with Crippen molar-refractivity contribution in [1.82, 2.24) is 0 Å². The first kappa shape index (κ1) is 12.9. The summed E-state index contributed by atoms with van der Waals surface area (Å²) in [6.45, 7) is -0.0734. The van der Waals surface area contributed by atoms with E-state index in [-0.39, 0.29) is 12.4 Å². The molecule has 2 aromatic carbocycles. The molecule has 0 aromatic heterocycles. The van der Waals surface area contributed by atoms with Gasteiger partial charge in [0, 0.05) is 10.0 Å². The number of aliphatic hydroxyl groups excluding tert-OH is 1. The van der Waals surface area contributed by atoms with E-state index in [0.717, 1.165) is 15.6 Å². The van der Waals surface area contributed by atoms with Crippen molar-refractivity contribution in [3.8, 4) is 5.75 Å². The molecule has 0 atom stereocenters. The van der Waals surface area contributed by atoms with E-state index >= 15 is 0 Å². The number of para-hydroxylation sites is 1. The average molecular weight is 305 g/mol. The quantitative estimate of drug-likeness (QED) is 0.849. The Morgan fingerprint density at radius 2 is 1.72 bits per heavy atom. The van der Waals surface area contributed by atoms with Gasteiger partial charge < -0.3 is 10.2 Å². The summed E-state index contributed by atoms with van der Waals surface area (Å²) in [4.78, 5) is 0. The highest BCUT2D eigenvalue weighted by Crippen LogP contribution is 2.24. The van der Waals surface area contributed by atoms with E-state index in [2.05, 4.69) is 15.9 Å². The van der Waals surface area contributed by atoms with Crippen molar-refractivity contribution >= 4 is 27.6 Å². The number of aromatic hydroxyl groups is 1. The van der Waals surface area contributed by atoms with Gasteiger partial charge in [-0.3, -0.25) is 0 Å². The molecule has 2 aromatic rings. The number of benzene rings is 2. The number of hydrogen-bond donors (Lipinski definition) is 2. The summed E-state index contributed by atoms with van der Waals surface area (Å²) in [5.74, 6) is 0.209. The van der Waals surface area contributed by atoms with Gasteiger partial charge in [0.1, 0.15) is 5.75 Å². The number of phenols is 1. The molecular weight excluding hydrogens is 292 g/mol. The Hall–Kier alpha value is -1.58. The van der Waals surface area contributed by atoms with Crippen LogP contribution in [0.3, 0.4) is 0 Å². The fraction of sp³-hybridized carbons (Fsp3) is 0.0667. The van der Waals surface area contributed by atoms with Crippen molar-refractivity contribution in [3.63, 3.8) is 0 Å². The van der Waals surface area contributed by atoms with Gasteiger partial charge in [0.05, 0.1) is 6.61 Å². The van der Waals surface area contributed by atoms with Gasteiger partial charge in [0.15, 0.2) is 0 Å². The smallest absolute Gasteiger partial charge is 0.122 e. The van der Waals surface area contributed by atoms with E-state index in [9.17, 15) is 10.2 Å². The molecule has 0 bridgehead atoms. The van der Waals surface area contributed by atoms with Gasteiger partial charge in [-0.1, -0.05) is 46.3 Å². The van der Waals surface area contributed by atoms with Crippen LogP contribution in [0.25, 0.3) is 11.6 Å². The first-order valence-electron chi connectivity index (χ1n) is 5.56. The van der Waals surface area contributed by atoms with E-state index in [4.69, 9.17) is 0 Å². The molecule has 2 rings (SSSR count). The molecule has 92 valence electrons. The zero-order valence-corrected chi connectivity index (χ0v) is 11.3. The number of aliphatic hydroxyl groups is 1. The molecule has 0 fully saturated rings. The average Bonchev–Trinajstić information content (AvgIpc) is 2.39. The van der Waals surface area contributed by atoms with Gasteiger partial charge in [0.25, 0.3) is 0 Å². The highest BCUT2D eigenvalue weighted by molar-refractivity contribution is 9.10. The van der Waals surface area contributed by atoms with Crippen molar-refractivity contribution in [3.05, 3.63) is 64.1 Å². The molecule has 0 heterocycles. The van der Waals surface area contributed by atoms with E-state index in [1.807, 2.05) is 36.4 Å². The molecule has 0 radical (unpaired) electrons. The van der Waals surface area contributed by atoms with Crippen LogP contribution in [0, 0.1) is 0 Å². The summed E-state index contributed by atoms with van der Waals surface area (Å²) in [7, 11) is 0. The molecule has 2 N–H and O–H groups in total. The second-order valence-electron chi connectivity index (χ2n) is 3.89. The lowest BCUT2D eigenvalue weighted by Gasteiger charge is -2.06. The molecule has 3 heteroatoms. The highest BCUT2D eigenvalue weighted by Gasteiger charge is 2.03. The molecule has 0 saturated carbocycles. The lowest BCUT2D eigenvalue weighted by molar-refractivity contribution is 0.350. The van der Waals surface area contributed by atoms with Crippen LogP contribution in [0.1, 0.15) is 11.1 Å². The third-order valence-corrected chi connectivity index (χ3v) is 3.18. The summed E-state index contributed by atoms with van der Waals surface area (Å²) < 4.78 is 0.992. The Bertz CT molecular complexity index is 559. The molecule has 2 nitrogen and oxygen atoms in total. The van der Waals surface area contributed by atoms with Crippen molar-refractivity contribution in [2.75, 3.05) is 6.61 Å². The Labute approximate surface area is 114 Å². The predicted octanol–water partition coefficient (Wildman–Crippen LogP) is 3.69. The minimum Gasteiger partial charge on any atom is -0.507 e. The maximum atomic E-state index is 9.71. The zero-order chi connectivity index (χ0) is 13.0. The first-order valence-corrected chi connectivity index (χ1v) is 6.35. The lowest BCUT2D eigenvalue weighted by Crippen LogP contribution is -1.90. The van der Waals surface area contributed by atoms with E-state index in [1.54, 1.807) is 18.2 Å². The van der Waals surface area contributed by atoms with E-state index in [0.29, 0.717) is 5.56 Å². The van der Waals surface area contributed by atoms with Gasteiger partial charge in [-0.25, -0.2) is 0 Å². The van der Waals surface area contributed by atoms with Crippen LogP contribution >= 0.6 is 15.9 Å². The third-order valence-electron chi connectivity index (χ3n) is 2.65. The van der Waals surface area contributed by atoms with Gasteiger partial charge in [-0.15, -0.1) is 0 Å². The zero-order valence-electron chi connectivity index (χ0n) is 9.68. The van der Waals surface area contributed by atoms with Crippen molar-refractivity contribution < 1.29 is 10.2 Å². The number of halogens is 1. The second kappa shape index (κ2) is 5.85. The first-order chi connectivity index (χ1) is 8.70. The summed E-state index contributed by atoms with van der Waals surface area (Å²) in [6, 6.07) is 14.7. The summed E-state index contributed by atoms with van der Waals surface area (Å²) in [6.07, 6.45) is 1.79.